The van der Waals surface area contributed by atoms with E-state index in [2.05, 4.69) is 17.3 Å². The third kappa shape index (κ3) is 2.48. The lowest BCUT2D eigenvalue weighted by Crippen LogP contribution is -2.06. The molecule has 0 amide bonds. The molecule has 0 aliphatic heterocycles. The van der Waals surface area contributed by atoms with Gasteiger partial charge in [-0.05, 0) is 20.3 Å². The first-order valence-electron chi connectivity index (χ1n) is 4.89. The Morgan fingerprint density at radius 3 is 2.64 bits per heavy atom. The maximum atomic E-state index is 4.98. The third-order valence-corrected chi connectivity index (χ3v) is 2.34. The van der Waals surface area contributed by atoms with Gasteiger partial charge in [0.05, 0.1) is 17.1 Å². The molecule has 4 heteroatoms. The zero-order valence-corrected chi connectivity index (χ0v) is 9.42. The highest BCUT2D eigenvalue weighted by molar-refractivity contribution is 5.51. The van der Waals surface area contributed by atoms with Gasteiger partial charge in [0.15, 0.2) is 0 Å². The van der Waals surface area contributed by atoms with E-state index < -0.39 is 0 Å². The average molecular weight is 197 g/mol. The van der Waals surface area contributed by atoms with Crippen molar-refractivity contribution < 1.29 is 4.74 Å². The minimum Gasteiger partial charge on any atom is -0.385 e. The molecule has 0 unspecified atom stereocenters. The van der Waals surface area contributed by atoms with Gasteiger partial charge in [0.2, 0.25) is 0 Å². The van der Waals surface area contributed by atoms with Crippen molar-refractivity contribution in [1.29, 1.82) is 0 Å². The monoisotopic (exact) mass is 197 g/mol. The van der Waals surface area contributed by atoms with Gasteiger partial charge in [-0.15, -0.1) is 0 Å². The Balaban J connectivity index is 2.49. The van der Waals surface area contributed by atoms with Crippen molar-refractivity contribution in [2.24, 2.45) is 7.05 Å². The Hall–Kier alpha value is -1.03. The normalized spacial score (nSPS) is 10.6. The SMILES string of the molecule is COCCCNc1c(C)nn(C)c1C. The van der Waals surface area contributed by atoms with E-state index in [9.17, 15) is 0 Å². The number of methoxy groups -OCH3 is 1. The Morgan fingerprint density at radius 1 is 1.43 bits per heavy atom. The summed E-state index contributed by atoms with van der Waals surface area (Å²) in [5, 5.41) is 7.71. The molecule has 0 radical (unpaired) electrons. The molecule has 0 bridgehead atoms. The molecule has 1 heterocycles. The second-order valence-electron chi connectivity index (χ2n) is 3.44. The molecule has 1 N–H and O–H groups in total. The van der Waals surface area contributed by atoms with E-state index in [-0.39, 0.29) is 0 Å². The summed E-state index contributed by atoms with van der Waals surface area (Å²) in [6.45, 7) is 5.82. The number of nitrogens with zero attached hydrogens (tertiary/aromatic N) is 2. The van der Waals surface area contributed by atoms with Crippen LogP contribution in [0, 0.1) is 13.8 Å². The minimum atomic E-state index is 0.797. The molecule has 0 aliphatic carbocycles. The van der Waals surface area contributed by atoms with Crippen LogP contribution >= 0.6 is 0 Å². The van der Waals surface area contributed by atoms with Crippen LogP contribution < -0.4 is 5.32 Å². The van der Waals surface area contributed by atoms with Gasteiger partial charge in [-0.3, -0.25) is 4.68 Å². The highest BCUT2D eigenvalue weighted by atomic mass is 16.5. The van der Waals surface area contributed by atoms with Gasteiger partial charge in [0.25, 0.3) is 0 Å². The molecular weight excluding hydrogens is 178 g/mol. The van der Waals surface area contributed by atoms with Crippen LogP contribution in [0.2, 0.25) is 0 Å². The molecule has 0 spiro atoms. The van der Waals surface area contributed by atoms with Gasteiger partial charge >= 0.3 is 0 Å². The molecular formula is C10H19N3O. The highest BCUT2D eigenvalue weighted by Crippen LogP contribution is 2.17. The number of aryl methyl sites for hydroxylation is 2. The lowest BCUT2D eigenvalue weighted by molar-refractivity contribution is 0.198. The third-order valence-electron chi connectivity index (χ3n) is 2.34. The van der Waals surface area contributed by atoms with Crippen molar-refractivity contribution in [3.05, 3.63) is 11.4 Å². The largest absolute Gasteiger partial charge is 0.385 e. The molecule has 0 saturated heterocycles. The van der Waals surface area contributed by atoms with Crippen LogP contribution in [0.3, 0.4) is 0 Å². The maximum Gasteiger partial charge on any atom is 0.0827 e. The molecule has 14 heavy (non-hydrogen) atoms. The van der Waals surface area contributed by atoms with Crippen LogP contribution in [0.5, 0.6) is 0 Å². The molecule has 0 atom stereocenters. The number of hydrogen-bond acceptors (Lipinski definition) is 3. The summed E-state index contributed by atoms with van der Waals surface area (Å²) in [6.07, 6.45) is 1.02. The smallest absolute Gasteiger partial charge is 0.0827 e. The Kier molecular flexibility index (Phi) is 3.95. The first kappa shape index (κ1) is 11.0. The molecule has 0 aromatic carbocycles. The van der Waals surface area contributed by atoms with Gasteiger partial charge in [-0.1, -0.05) is 0 Å². The zero-order valence-electron chi connectivity index (χ0n) is 9.42. The Bertz CT molecular complexity index is 294. The van der Waals surface area contributed by atoms with Crippen LogP contribution in [0.15, 0.2) is 0 Å². The summed E-state index contributed by atoms with van der Waals surface area (Å²) in [7, 11) is 3.68. The van der Waals surface area contributed by atoms with E-state index in [0.717, 1.165) is 31.0 Å². The molecule has 0 aliphatic rings. The van der Waals surface area contributed by atoms with E-state index in [4.69, 9.17) is 4.74 Å². The van der Waals surface area contributed by atoms with Crippen molar-refractivity contribution in [3.63, 3.8) is 0 Å². The maximum absolute atomic E-state index is 4.98. The van der Waals surface area contributed by atoms with Gasteiger partial charge in [-0.2, -0.15) is 5.10 Å². The molecule has 1 aromatic heterocycles. The second kappa shape index (κ2) is 5.00. The van der Waals surface area contributed by atoms with E-state index in [1.54, 1.807) is 7.11 Å². The summed E-state index contributed by atoms with van der Waals surface area (Å²) in [5.41, 5.74) is 3.39. The first-order chi connectivity index (χ1) is 6.66. The quantitative estimate of drug-likeness (QED) is 0.727. The molecule has 80 valence electrons. The van der Waals surface area contributed by atoms with Crippen LogP contribution in [0.4, 0.5) is 5.69 Å². The van der Waals surface area contributed by atoms with Crippen molar-refractivity contribution in [1.82, 2.24) is 9.78 Å². The van der Waals surface area contributed by atoms with Gasteiger partial charge in [0.1, 0.15) is 0 Å². The number of anilines is 1. The fourth-order valence-electron chi connectivity index (χ4n) is 1.46. The Labute approximate surface area is 85.3 Å². The summed E-state index contributed by atoms with van der Waals surface area (Å²) in [6, 6.07) is 0. The van der Waals surface area contributed by atoms with Gasteiger partial charge in [-0.25, -0.2) is 0 Å². The Morgan fingerprint density at radius 2 is 2.14 bits per heavy atom. The number of hydrogen-bond donors (Lipinski definition) is 1. The predicted molar refractivity (Wildman–Crippen MR) is 57.7 cm³/mol. The minimum absolute atomic E-state index is 0.797. The molecule has 0 fully saturated rings. The zero-order chi connectivity index (χ0) is 10.6. The van der Waals surface area contributed by atoms with Crippen LogP contribution in [0.25, 0.3) is 0 Å². The molecule has 4 nitrogen and oxygen atoms in total. The van der Waals surface area contributed by atoms with E-state index in [0.29, 0.717) is 0 Å². The number of rotatable bonds is 5. The summed E-state index contributed by atoms with van der Waals surface area (Å²) in [4.78, 5) is 0. The lowest BCUT2D eigenvalue weighted by atomic mass is 10.3. The average Bonchev–Trinajstić information content (AvgIpc) is 2.38. The second-order valence-corrected chi connectivity index (χ2v) is 3.44. The standard InChI is InChI=1S/C10H19N3O/c1-8-10(9(2)13(3)12-8)11-6-5-7-14-4/h11H,5-7H2,1-4H3. The summed E-state index contributed by atoms with van der Waals surface area (Å²) >= 11 is 0. The fourth-order valence-corrected chi connectivity index (χ4v) is 1.46. The predicted octanol–water partition coefficient (Wildman–Crippen LogP) is 1.49. The molecule has 1 aromatic rings. The number of ether oxygens (including phenoxy) is 1. The summed E-state index contributed by atoms with van der Waals surface area (Å²) < 4.78 is 6.88. The lowest BCUT2D eigenvalue weighted by Gasteiger charge is -2.05. The fraction of sp³-hybridized carbons (Fsp3) is 0.700. The topological polar surface area (TPSA) is 39.1 Å². The van der Waals surface area contributed by atoms with Crippen molar-refractivity contribution in [3.8, 4) is 0 Å². The van der Waals surface area contributed by atoms with E-state index >= 15 is 0 Å². The first-order valence-corrected chi connectivity index (χ1v) is 4.89. The van der Waals surface area contributed by atoms with Crippen LogP contribution in [-0.4, -0.2) is 30.0 Å². The summed E-state index contributed by atoms with van der Waals surface area (Å²) in [5.74, 6) is 0. The molecule has 1 rings (SSSR count). The van der Waals surface area contributed by atoms with Crippen LogP contribution in [0.1, 0.15) is 17.8 Å². The van der Waals surface area contributed by atoms with E-state index in [1.165, 1.54) is 5.69 Å². The number of aromatic nitrogens is 2. The van der Waals surface area contributed by atoms with Crippen molar-refractivity contribution >= 4 is 5.69 Å². The molecule has 0 saturated carbocycles. The van der Waals surface area contributed by atoms with Crippen molar-refractivity contribution in [2.45, 2.75) is 20.3 Å². The van der Waals surface area contributed by atoms with E-state index in [1.807, 2.05) is 18.7 Å². The van der Waals surface area contributed by atoms with Crippen LogP contribution in [-0.2, 0) is 11.8 Å². The van der Waals surface area contributed by atoms with Gasteiger partial charge < -0.3 is 10.1 Å². The number of nitrogens with one attached hydrogen (secondary N) is 1. The van der Waals surface area contributed by atoms with Crippen molar-refractivity contribution in [2.75, 3.05) is 25.6 Å². The van der Waals surface area contributed by atoms with Gasteiger partial charge in [0, 0.05) is 27.3 Å². The highest BCUT2D eigenvalue weighted by Gasteiger charge is 2.07.